The van der Waals surface area contributed by atoms with Gasteiger partial charge in [-0.15, -0.1) is 0 Å². The van der Waals surface area contributed by atoms with Gasteiger partial charge in [0, 0.05) is 17.3 Å². The monoisotopic (exact) mass is 327 g/mol. The van der Waals surface area contributed by atoms with E-state index >= 15 is 4.39 Å². The highest BCUT2D eigenvalue weighted by Crippen LogP contribution is 2.38. The Morgan fingerprint density at radius 1 is 1.32 bits per heavy atom. The van der Waals surface area contributed by atoms with Gasteiger partial charge in [0.2, 0.25) is 0 Å². The Labute approximate surface area is 121 Å². The summed E-state index contributed by atoms with van der Waals surface area (Å²) in [6, 6.07) is 4.11. The third-order valence-corrected chi connectivity index (χ3v) is 4.52. The summed E-state index contributed by atoms with van der Waals surface area (Å²) in [4.78, 5) is 0. The van der Waals surface area contributed by atoms with Crippen molar-refractivity contribution in [2.24, 2.45) is 0 Å². The van der Waals surface area contributed by atoms with E-state index in [0.29, 0.717) is 19.3 Å². The minimum Gasteiger partial charge on any atom is -0.493 e. The van der Waals surface area contributed by atoms with Crippen molar-refractivity contribution in [3.63, 3.8) is 0 Å². The molecule has 104 valence electrons. The van der Waals surface area contributed by atoms with Gasteiger partial charge >= 0.3 is 0 Å². The number of hydrogen-bond acceptors (Lipinski definition) is 2. The van der Waals surface area contributed by atoms with E-state index in [2.05, 4.69) is 27.3 Å². The van der Waals surface area contributed by atoms with Crippen molar-refractivity contribution in [3.05, 3.63) is 27.7 Å². The average molecular weight is 328 g/mol. The number of benzene rings is 1. The summed E-state index contributed by atoms with van der Waals surface area (Å²) in [5, 5.41) is 3.27. The highest BCUT2D eigenvalue weighted by atomic mass is 79.9. The van der Waals surface area contributed by atoms with E-state index in [1.807, 2.05) is 6.07 Å². The van der Waals surface area contributed by atoms with Crippen LogP contribution in [0.5, 0.6) is 5.75 Å². The van der Waals surface area contributed by atoms with Crippen LogP contribution >= 0.6 is 15.9 Å². The van der Waals surface area contributed by atoms with Crippen LogP contribution in [0.15, 0.2) is 16.6 Å². The maximum Gasteiger partial charge on any atom is 0.126 e. The van der Waals surface area contributed by atoms with Crippen molar-refractivity contribution < 1.29 is 9.13 Å². The number of hydrogen-bond donors (Lipinski definition) is 1. The molecule has 0 spiro atoms. The molecule has 0 aliphatic carbocycles. The van der Waals surface area contributed by atoms with Crippen LogP contribution in [0, 0.1) is 0 Å². The summed E-state index contributed by atoms with van der Waals surface area (Å²) >= 11 is 3.52. The molecule has 1 saturated heterocycles. The minimum atomic E-state index is -1.09. The van der Waals surface area contributed by atoms with E-state index in [0.717, 1.165) is 48.3 Å². The van der Waals surface area contributed by atoms with Crippen LogP contribution in [0.4, 0.5) is 4.39 Å². The van der Waals surface area contributed by atoms with E-state index in [1.54, 1.807) is 0 Å². The summed E-state index contributed by atoms with van der Waals surface area (Å²) in [5.41, 5.74) is 1.13. The Morgan fingerprint density at radius 2 is 2.21 bits per heavy atom. The zero-order chi connectivity index (χ0) is 13.3. The van der Waals surface area contributed by atoms with E-state index in [-0.39, 0.29) is 0 Å². The van der Waals surface area contributed by atoms with Crippen LogP contribution in [-0.4, -0.2) is 25.4 Å². The molecule has 0 aromatic heterocycles. The molecule has 1 fully saturated rings. The summed E-state index contributed by atoms with van der Waals surface area (Å²) in [6.45, 7) is 2.42. The second-order valence-corrected chi connectivity index (χ2v) is 6.50. The summed E-state index contributed by atoms with van der Waals surface area (Å²) in [5.74, 6) is 0.928. The molecule has 1 unspecified atom stereocenters. The summed E-state index contributed by atoms with van der Waals surface area (Å²) < 4.78 is 21.7. The zero-order valence-electron chi connectivity index (χ0n) is 11.0. The third-order valence-electron chi connectivity index (χ3n) is 4.06. The predicted molar refractivity (Wildman–Crippen MR) is 77.6 cm³/mol. The van der Waals surface area contributed by atoms with Crippen molar-refractivity contribution in [2.75, 3.05) is 19.7 Å². The molecule has 0 saturated carbocycles. The second kappa shape index (κ2) is 5.41. The van der Waals surface area contributed by atoms with Crippen LogP contribution in [-0.2, 0) is 12.8 Å². The van der Waals surface area contributed by atoms with Gasteiger partial charge in [0.1, 0.15) is 11.4 Å². The molecule has 2 heterocycles. The van der Waals surface area contributed by atoms with Gasteiger partial charge in [-0.05, 0) is 55.6 Å². The molecule has 0 radical (unpaired) electrons. The van der Waals surface area contributed by atoms with Crippen molar-refractivity contribution in [1.82, 2.24) is 5.32 Å². The smallest absolute Gasteiger partial charge is 0.126 e. The molecule has 2 aliphatic rings. The predicted octanol–water partition coefficient (Wildman–Crippen LogP) is 3.41. The van der Waals surface area contributed by atoms with Crippen molar-refractivity contribution >= 4 is 15.9 Å². The molecular formula is C15H19BrFNO. The molecule has 1 atom stereocenters. The molecule has 1 aromatic carbocycles. The molecule has 2 aliphatic heterocycles. The van der Waals surface area contributed by atoms with E-state index in [4.69, 9.17) is 4.74 Å². The molecule has 4 heteroatoms. The topological polar surface area (TPSA) is 21.3 Å². The van der Waals surface area contributed by atoms with Crippen molar-refractivity contribution in [3.8, 4) is 5.75 Å². The molecule has 2 nitrogen and oxygen atoms in total. The van der Waals surface area contributed by atoms with Crippen molar-refractivity contribution in [1.29, 1.82) is 0 Å². The van der Waals surface area contributed by atoms with Crippen LogP contribution in [0.25, 0.3) is 0 Å². The first kappa shape index (κ1) is 13.4. The fourth-order valence-electron chi connectivity index (χ4n) is 3.09. The van der Waals surface area contributed by atoms with Crippen molar-refractivity contribution in [2.45, 2.75) is 37.8 Å². The number of ether oxygens (including phenoxy) is 1. The molecule has 0 amide bonds. The SMILES string of the molecule is FC1(Cc2cc(Br)cc3c2OCC3)CCCNCC1. The van der Waals surface area contributed by atoms with Gasteiger partial charge in [-0.25, -0.2) is 4.39 Å². The van der Waals surface area contributed by atoms with Crippen LogP contribution in [0.3, 0.4) is 0 Å². The number of nitrogens with one attached hydrogen (secondary N) is 1. The zero-order valence-corrected chi connectivity index (χ0v) is 12.6. The van der Waals surface area contributed by atoms with Gasteiger partial charge in [0.05, 0.1) is 6.61 Å². The Hall–Kier alpha value is -0.610. The first-order chi connectivity index (χ1) is 9.16. The van der Waals surface area contributed by atoms with E-state index in [9.17, 15) is 0 Å². The third kappa shape index (κ3) is 2.95. The standard InChI is InChI=1S/C15H19BrFNO/c16-13-8-11-2-7-19-14(11)12(9-13)10-15(17)3-1-5-18-6-4-15/h8-9,18H,1-7,10H2. The number of alkyl halides is 1. The Bertz CT molecular complexity index is 469. The van der Waals surface area contributed by atoms with Crippen LogP contribution < -0.4 is 10.1 Å². The quantitative estimate of drug-likeness (QED) is 0.898. The number of fused-ring (bicyclic) bond motifs is 1. The molecule has 1 aromatic rings. The first-order valence-corrected chi connectivity index (χ1v) is 7.79. The highest BCUT2D eigenvalue weighted by Gasteiger charge is 2.33. The fraction of sp³-hybridized carbons (Fsp3) is 0.600. The first-order valence-electron chi connectivity index (χ1n) is 7.00. The molecule has 3 rings (SSSR count). The largest absolute Gasteiger partial charge is 0.493 e. The summed E-state index contributed by atoms with van der Waals surface area (Å²) in [6.07, 6.45) is 3.54. The van der Waals surface area contributed by atoms with Gasteiger partial charge in [-0.1, -0.05) is 15.9 Å². The van der Waals surface area contributed by atoms with E-state index < -0.39 is 5.67 Å². The minimum absolute atomic E-state index is 0.469. The lowest BCUT2D eigenvalue weighted by molar-refractivity contribution is 0.143. The van der Waals surface area contributed by atoms with Crippen LogP contribution in [0.2, 0.25) is 0 Å². The maximum absolute atomic E-state index is 15.0. The lowest BCUT2D eigenvalue weighted by atomic mass is 9.88. The average Bonchev–Trinajstić information content (AvgIpc) is 2.72. The fourth-order valence-corrected chi connectivity index (χ4v) is 3.64. The van der Waals surface area contributed by atoms with Gasteiger partial charge in [-0.3, -0.25) is 0 Å². The van der Waals surface area contributed by atoms with Gasteiger partial charge in [0.25, 0.3) is 0 Å². The molecule has 1 N–H and O–H groups in total. The Morgan fingerprint density at radius 3 is 3.11 bits per heavy atom. The molecular weight excluding hydrogens is 309 g/mol. The normalized spacial score (nSPS) is 26.6. The van der Waals surface area contributed by atoms with Crippen LogP contribution in [0.1, 0.15) is 30.4 Å². The molecule has 19 heavy (non-hydrogen) atoms. The van der Waals surface area contributed by atoms with Gasteiger partial charge in [-0.2, -0.15) is 0 Å². The maximum atomic E-state index is 15.0. The lowest BCUT2D eigenvalue weighted by Crippen LogP contribution is -2.27. The number of rotatable bonds is 2. The molecule has 0 bridgehead atoms. The Balaban J connectivity index is 1.86. The highest BCUT2D eigenvalue weighted by molar-refractivity contribution is 9.10. The second-order valence-electron chi connectivity index (χ2n) is 5.58. The van der Waals surface area contributed by atoms with E-state index in [1.165, 1.54) is 5.56 Å². The lowest BCUT2D eigenvalue weighted by Gasteiger charge is -2.24. The summed E-state index contributed by atoms with van der Waals surface area (Å²) in [7, 11) is 0. The van der Waals surface area contributed by atoms with Gasteiger partial charge in [0.15, 0.2) is 0 Å². The Kier molecular flexibility index (Phi) is 3.81. The number of halogens is 2. The van der Waals surface area contributed by atoms with Gasteiger partial charge < -0.3 is 10.1 Å².